The van der Waals surface area contributed by atoms with Gasteiger partial charge in [-0.05, 0) is 42.9 Å². The fraction of sp³-hybridized carbons (Fsp3) is 0.571. The van der Waals surface area contributed by atoms with Crippen molar-refractivity contribution in [3.63, 3.8) is 0 Å². The molecule has 11 heteroatoms. The zero-order chi connectivity index (χ0) is 23.4. The minimum Gasteiger partial charge on any atom is -0.381 e. The lowest BCUT2D eigenvalue weighted by molar-refractivity contribution is -0.132. The Morgan fingerprint density at radius 1 is 1.19 bits per heavy atom. The molecule has 0 radical (unpaired) electrons. The van der Waals surface area contributed by atoms with Gasteiger partial charge in [0, 0.05) is 51.3 Å². The van der Waals surface area contributed by atoms with Crippen LogP contribution in [0.3, 0.4) is 0 Å². The Morgan fingerprint density at radius 2 is 1.84 bits per heavy atom. The summed E-state index contributed by atoms with van der Waals surface area (Å²) in [4.78, 5) is 14.5. The third-order valence-corrected chi connectivity index (χ3v) is 8.98. The summed E-state index contributed by atoms with van der Waals surface area (Å²) < 4.78 is 58.1. The van der Waals surface area contributed by atoms with E-state index in [-0.39, 0.29) is 42.3 Å². The molecule has 0 unspecified atom stereocenters. The van der Waals surface area contributed by atoms with Crippen LogP contribution >= 0.6 is 0 Å². The van der Waals surface area contributed by atoms with Gasteiger partial charge in [-0.2, -0.15) is 4.31 Å². The first-order chi connectivity index (χ1) is 15.1. The van der Waals surface area contributed by atoms with Gasteiger partial charge in [-0.3, -0.25) is 4.79 Å². The van der Waals surface area contributed by atoms with Gasteiger partial charge in [0.25, 0.3) is 0 Å². The van der Waals surface area contributed by atoms with E-state index in [4.69, 9.17) is 4.74 Å². The number of likely N-dealkylation sites (N-methyl/N-ethyl adjacent to an activating group) is 1. The Labute approximate surface area is 190 Å². The Kier molecular flexibility index (Phi) is 8.10. The third-order valence-electron chi connectivity index (χ3n) is 6.09. The first-order valence-corrected chi connectivity index (χ1v) is 13.7. The molecule has 32 heavy (non-hydrogen) atoms. The first-order valence-electron chi connectivity index (χ1n) is 10.7. The molecule has 2 aliphatic rings. The number of nitrogens with one attached hydrogen (secondary N) is 1. The third kappa shape index (κ3) is 6.16. The molecule has 1 atom stereocenters. The van der Waals surface area contributed by atoms with E-state index in [9.17, 15) is 21.6 Å². The maximum atomic E-state index is 13.0. The fourth-order valence-corrected chi connectivity index (χ4v) is 6.10. The molecule has 3 rings (SSSR count). The second-order valence-electron chi connectivity index (χ2n) is 8.25. The summed E-state index contributed by atoms with van der Waals surface area (Å²) in [6.07, 6.45) is 2.43. The normalized spacial score (nSPS) is 20.8. The molecular weight excluding hydrogens is 454 g/mol. The highest BCUT2D eigenvalue weighted by Crippen LogP contribution is 2.25. The number of amides is 1. The van der Waals surface area contributed by atoms with Crippen molar-refractivity contribution >= 4 is 26.0 Å². The van der Waals surface area contributed by atoms with Crippen LogP contribution in [0, 0.1) is 5.92 Å². The predicted octanol–water partition coefficient (Wildman–Crippen LogP) is 0.940. The second kappa shape index (κ2) is 10.4. The average molecular weight is 486 g/mol. The van der Waals surface area contributed by atoms with Crippen molar-refractivity contribution in [1.82, 2.24) is 13.9 Å². The molecule has 2 aliphatic heterocycles. The standard InChI is InChI=1S/C21H31N3O6S2/c1-3-31(26,27)22-15-18-8-11-24(16-18)32(28,29)20-6-4-17(5-7-20)14-21(25)23(2)19-9-12-30-13-10-19/h3-7,18-19,22H,1,8-16H2,2H3/t18-/m1/s1. The van der Waals surface area contributed by atoms with Crippen molar-refractivity contribution in [2.45, 2.75) is 36.6 Å². The van der Waals surface area contributed by atoms with E-state index >= 15 is 0 Å². The summed E-state index contributed by atoms with van der Waals surface area (Å²) in [5.74, 6) is -0.103. The van der Waals surface area contributed by atoms with Crippen LogP contribution in [0.2, 0.25) is 0 Å². The van der Waals surface area contributed by atoms with Gasteiger partial charge < -0.3 is 9.64 Å². The van der Waals surface area contributed by atoms with Gasteiger partial charge in [-0.15, -0.1) is 0 Å². The minimum atomic E-state index is -3.68. The maximum Gasteiger partial charge on any atom is 0.243 e. The fourth-order valence-electron chi connectivity index (χ4n) is 3.98. The van der Waals surface area contributed by atoms with Crippen molar-refractivity contribution in [3.05, 3.63) is 41.8 Å². The van der Waals surface area contributed by atoms with E-state index < -0.39 is 20.0 Å². The Bertz CT molecular complexity index is 1020. The number of carbonyl (C=O) groups excluding carboxylic acids is 1. The molecule has 1 aromatic rings. The van der Waals surface area contributed by atoms with Crippen molar-refractivity contribution < 1.29 is 26.4 Å². The summed E-state index contributed by atoms with van der Waals surface area (Å²) in [5.41, 5.74) is 0.756. The monoisotopic (exact) mass is 485 g/mol. The molecule has 178 valence electrons. The van der Waals surface area contributed by atoms with Gasteiger partial charge in [0.1, 0.15) is 0 Å². The van der Waals surface area contributed by atoms with Crippen LogP contribution in [0.1, 0.15) is 24.8 Å². The summed E-state index contributed by atoms with van der Waals surface area (Å²) >= 11 is 0. The van der Waals surface area contributed by atoms with Crippen LogP contribution < -0.4 is 4.72 Å². The molecule has 2 saturated heterocycles. The van der Waals surface area contributed by atoms with Gasteiger partial charge in [0.05, 0.1) is 11.3 Å². The van der Waals surface area contributed by atoms with Crippen LogP contribution in [-0.4, -0.2) is 77.9 Å². The van der Waals surface area contributed by atoms with Crippen LogP contribution in [0.25, 0.3) is 0 Å². The molecule has 0 spiro atoms. The molecule has 0 aromatic heterocycles. The van der Waals surface area contributed by atoms with E-state index in [1.165, 1.54) is 16.4 Å². The smallest absolute Gasteiger partial charge is 0.243 e. The van der Waals surface area contributed by atoms with Gasteiger partial charge in [-0.1, -0.05) is 18.7 Å². The highest BCUT2D eigenvalue weighted by atomic mass is 32.2. The van der Waals surface area contributed by atoms with Crippen LogP contribution in [0.4, 0.5) is 0 Å². The molecule has 2 fully saturated rings. The average Bonchev–Trinajstić information content (AvgIpc) is 3.28. The molecule has 9 nitrogen and oxygen atoms in total. The number of carbonyl (C=O) groups is 1. The lowest BCUT2D eigenvalue weighted by Crippen LogP contribution is -2.41. The zero-order valence-electron chi connectivity index (χ0n) is 18.3. The minimum absolute atomic E-state index is 0.00290. The largest absolute Gasteiger partial charge is 0.381 e. The van der Waals surface area contributed by atoms with Crippen molar-refractivity contribution in [1.29, 1.82) is 0 Å². The van der Waals surface area contributed by atoms with E-state index in [0.29, 0.717) is 26.2 Å². The van der Waals surface area contributed by atoms with Gasteiger partial charge in [0.15, 0.2) is 0 Å². The van der Waals surface area contributed by atoms with Crippen LogP contribution in [-0.2, 0) is 36.0 Å². The molecular formula is C21H31N3O6S2. The Morgan fingerprint density at radius 3 is 2.47 bits per heavy atom. The van der Waals surface area contributed by atoms with E-state index in [1.807, 2.05) is 0 Å². The highest BCUT2D eigenvalue weighted by Gasteiger charge is 2.33. The van der Waals surface area contributed by atoms with Gasteiger partial charge in [-0.25, -0.2) is 21.6 Å². The topological polar surface area (TPSA) is 113 Å². The second-order valence-corrected chi connectivity index (χ2v) is 11.9. The molecule has 1 N–H and O–H groups in total. The first kappa shape index (κ1) is 24.8. The van der Waals surface area contributed by atoms with E-state index in [0.717, 1.165) is 23.8 Å². The summed E-state index contributed by atoms with van der Waals surface area (Å²) in [5, 5.41) is 0.837. The number of benzene rings is 1. The number of hydrogen-bond donors (Lipinski definition) is 1. The van der Waals surface area contributed by atoms with Crippen molar-refractivity contribution in [2.24, 2.45) is 5.92 Å². The lowest BCUT2D eigenvalue weighted by atomic mass is 10.1. The SMILES string of the molecule is C=CS(=O)(=O)NC[C@H]1CCN(S(=O)(=O)c2ccc(CC(=O)N(C)C3CCOCC3)cc2)C1. The Hall–Kier alpha value is -1.79. The highest BCUT2D eigenvalue weighted by molar-refractivity contribution is 7.92. The van der Waals surface area contributed by atoms with Crippen molar-refractivity contribution in [2.75, 3.05) is 39.9 Å². The number of rotatable bonds is 9. The molecule has 0 saturated carbocycles. The summed E-state index contributed by atoms with van der Waals surface area (Å²) in [6.45, 7) is 5.31. The van der Waals surface area contributed by atoms with Crippen LogP contribution in [0.15, 0.2) is 41.1 Å². The quantitative estimate of drug-likeness (QED) is 0.557. The maximum absolute atomic E-state index is 13.0. The van der Waals surface area contributed by atoms with Crippen molar-refractivity contribution in [3.8, 4) is 0 Å². The van der Waals surface area contributed by atoms with Crippen LogP contribution in [0.5, 0.6) is 0 Å². The Balaban J connectivity index is 1.57. The van der Waals surface area contributed by atoms with Gasteiger partial charge in [0.2, 0.25) is 26.0 Å². The molecule has 1 amide bonds. The van der Waals surface area contributed by atoms with E-state index in [1.54, 1.807) is 24.1 Å². The summed E-state index contributed by atoms with van der Waals surface area (Å²) in [7, 11) is -5.41. The summed E-state index contributed by atoms with van der Waals surface area (Å²) in [6, 6.07) is 6.58. The molecule has 0 aliphatic carbocycles. The van der Waals surface area contributed by atoms with Gasteiger partial charge >= 0.3 is 0 Å². The number of hydrogen-bond acceptors (Lipinski definition) is 6. The van der Waals surface area contributed by atoms with E-state index in [2.05, 4.69) is 11.3 Å². The number of ether oxygens (including phenoxy) is 1. The number of nitrogens with zero attached hydrogens (tertiary/aromatic N) is 2. The molecule has 2 heterocycles. The molecule has 1 aromatic carbocycles. The zero-order valence-corrected chi connectivity index (χ0v) is 19.9. The molecule has 0 bridgehead atoms. The lowest BCUT2D eigenvalue weighted by Gasteiger charge is -2.31. The number of sulfonamides is 2. The predicted molar refractivity (Wildman–Crippen MR) is 121 cm³/mol.